The number of carbonyl (C=O) groups excluding carboxylic acids is 3. The van der Waals surface area contributed by atoms with Crippen LogP contribution in [-0.2, 0) is 19.1 Å². The Morgan fingerprint density at radius 3 is 2.75 bits per heavy atom. The highest BCUT2D eigenvalue weighted by Gasteiger charge is 2.70. The number of fused-ring (bicyclic) bond motifs is 2. The third-order valence-corrected chi connectivity index (χ3v) is 9.62. The predicted octanol–water partition coefficient (Wildman–Crippen LogP) is 3.60. The summed E-state index contributed by atoms with van der Waals surface area (Å²) in [6, 6.07) is 6.45. The van der Waals surface area contributed by atoms with Gasteiger partial charge in [-0.2, -0.15) is 0 Å². The molecule has 0 saturated carbocycles. The van der Waals surface area contributed by atoms with Gasteiger partial charge in [0.2, 0.25) is 5.91 Å². The summed E-state index contributed by atoms with van der Waals surface area (Å²) in [7, 11) is 0. The minimum Gasteiger partial charge on any atom is -0.465 e. The topological polar surface area (TPSA) is 87.2 Å². The first-order chi connectivity index (χ1) is 17.5. The number of aliphatic hydroxyl groups excluding tert-OH is 1. The number of amides is 2. The van der Waals surface area contributed by atoms with Crippen LogP contribution in [0.1, 0.15) is 32.1 Å². The second kappa shape index (κ2) is 10.6. The molecule has 9 heteroatoms. The van der Waals surface area contributed by atoms with Gasteiger partial charge in [-0.05, 0) is 44.2 Å². The third-order valence-electron chi connectivity index (χ3n) is 7.55. The highest BCUT2D eigenvalue weighted by atomic mass is 35.5. The number of allylic oxidation sites excluding steroid dienone is 1. The number of carbonyl (C=O) groups is 3. The number of rotatable bonds is 6. The number of ether oxygens (including phenoxy) is 1. The largest absolute Gasteiger partial charge is 0.465 e. The van der Waals surface area contributed by atoms with Gasteiger partial charge in [0.05, 0.1) is 33.9 Å². The molecule has 4 aliphatic rings. The van der Waals surface area contributed by atoms with Crippen LogP contribution in [0, 0.1) is 11.8 Å². The zero-order chi connectivity index (χ0) is 25.3. The van der Waals surface area contributed by atoms with E-state index in [1.165, 1.54) is 0 Å². The van der Waals surface area contributed by atoms with Crippen LogP contribution in [0.3, 0.4) is 0 Å². The Balaban J connectivity index is 1.57. The van der Waals surface area contributed by atoms with Gasteiger partial charge in [0.25, 0.3) is 5.91 Å². The second-order valence-electron chi connectivity index (χ2n) is 9.70. The fourth-order valence-corrected chi connectivity index (χ4v) is 8.19. The molecule has 1 aromatic rings. The lowest BCUT2D eigenvalue weighted by Gasteiger charge is -2.35. The van der Waals surface area contributed by atoms with Crippen LogP contribution in [0.2, 0.25) is 5.02 Å². The van der Waals surface area contributed by atoms with Gasteiger partial charge in [0.1, 0.15) is 6.04 Å². The monoisotopic (exact) mass is 530 g/mol. The summed E-state index contributed by atoms with van der Waals surface area (Å²) in [5.74, 6) is -2.05. The van der Waals surface area contributed by atoms with Crippen molar-refractivity contribution in [2.45, 2.75) is 48.1 Å². The summed E-state index contributed by atoms with van der Waals surface area (Å²) >= 11 is 8.03. The van der Waals surface area contributed by atoms with Gasteiger partial charge in [0.15, 0.2) is 0 Å². The van der Waals surface area contributed by atoms with Crippen LogP contribution in [0.15, 0.2) is 48.6 Å². The zero-order valence-electron chi connectivity index (χ0n) is 20.1. The van der Waals surface area contributed by atoms with Gasteiger partial charge in [-0.15, -0.1) is 11.8 Å². The lowest BCUT2D eigenvalue weighted by Crippen LogP contribution is -2.53. The van der Waals surface area contributed by atoms with Gasteiger partial charge in [-0.3, -0.25) is 14.4 Å². The van der Waals surface area contributed by atoms with Gasteiger partial charge >= 0.3 is 5.97 Å². The quantitative estimate of drug-likeness (QED) is 0.343. The van der Waals surface area contributed by atoms with Gasteiger partial charge in [-0.25, -0.2) is 0 Å². The van der Waals surface area contributed by atoms with Crippen LogP contribution in [-0.4, -0.2) is 70.1 Å². The normalized spacial score (nSPS) is 32.7. The van der Waals surface area contributed by atoms with Crippen molar-refractivity contribution >= 4 is 46.8 Å². The lowest BCUT2D eigenvalue weighted by atomic mass is 9.78. The molecule has 36 heavy (non-hydrogen) atoms. The highest BCUT2D eigenvalue weighted by Crippen LogP contribution is 2.61. The van der Waals surface area contributed by atoms with Crippen LogP contribution < -0.4 is 4.90 Å². The Morgan fingerprint density at radius 2 is 1.94 bits per heavy atom. The number of likely N-dealkylation sites (tertiary alicyclic amines) is 1. The maximum absolute atomic E-state index is 14.3. The van der Waals surface area contributed by atoms with Crippen molar-refractivity contribution < 1.29 is 24.2 Å². The average molecular weight is 531 g/mol. The molecule has 5 rings (SSSR count). The SMILES string of the molecule is O=C1OCCC/C=C\[C@@H]2S[C@]34C=CCN(c5ccccc5Cl)C(=O)C3N(CCCCCO)C(=O)[C@@H]4[C@H]12. The number of cyclic esters (lactones) is 1. The molecule has 1 N–H and O–H groups in total. The number of hydrogen-bond donors (Lipinski definition) is 1. The number of unbranched alkanes of at least 4 members (excludes halogenated alkanes) is 2. The minimum absolute atomic E-state index is 0.0870. The summed E-state index contributed by atoms with van der Waals surface area (Å²) in [5.41, 5.74) is 0.604. The molecular formula is C27H31ClN2O5S. The molecule has 4 heterocycles. The summed E-state index contributed by atoms with van der Waals surface area (Å²) in [5, 5.41) is 9.42. The molecule has 7 nitrogen and oxygen atoms in total. The van der Waals surface area contributed by atoms with Crippen molar-refractivity contribution in [3.63, 3.8) is 0 Å². The number of halogens is 1. The molecule has 1 unspecified atom stereocenters. The van der Waals surface area contributed by atoms with E-state index in [9.17, 15) is 19.5 Å². The van der Waals surface area contributed by atoms with E-state index in [0.717, 1.165) is 19.3 Å². The fraction of sp³-hybridized carbons (Fsp3) is 0.519. The first kappa shape index (κ1) is 25.4. The fourth-order valence-electron chi connectivity index (χ4n) is 5.95. The number of esters is 1. The molecule has 0 aliphatic carbocycles. The molecule has 4 aliphatic heterocycles. The van der Waals surface area contributed by atoms with Gasteiger partial charge in [0, 0.05) is 24.9 Å². The number of anilines is 1. The lowest BCUT2D eigenvalue weighted by molar-refractivity contribution is -0.153. The molecule has 5 atom stereocenters. The predicted molar refractivity (Wildman–Crippen MR) is 140 cm³/mol. The Hall–Kier alpha value is -2.29. The maximum Gasteiger partial charge on any atom is 0.311 e. The van der Waals surface area contributed by atoms with E-state index in [1.54, 1.807) is 27.6 Å². The Kier molecular flexibility index (Phi) is 7.47. The number of benzene rings is 1. The molecule has 2 saturated heterocycles. The minimum atomic E-state index is -0.876. The Labute approximate surface area is 220 Å². The van der Waals surface area contributed by atoms with Crippen LogP contribution in [0.4, 0.5) is 5.69 Å². The standard InChI is InChI=1S/C27H31ClN2O5S/c28-18-10-4-5-11-19(18)29-15-9-13-27-22(21-20(36-27)12-3-1-8-17-35-26(21)34)24(32)30(23(27)25(29)33)14-6-2-7-16-31/h3-5,9-13,20-23,31H,1-2,6-8,14-17H2/b12-3-/t20-,21+,22-,23?,27-/m0/s1. The van der Waals surface area contributed by atoms with Crippen LogP contribution in [0.25, 0.3) is 0 Å². The molecular weight excluding hydrogens is 500 g/mol. The van der Waals surface area contributed by atoms with Crippen molar-refractivity contribution in [3.8, 4) is 0 Å². The molecule has 0 radical (unpaired) electrons. The van der Waals surface area contributed by atoms with Crippen molar-refractivity contribution in [3.05, 3.63) is 53.6 Å². The molecule has 0 bridgehead atoms. The zero-order valence-corrected chi connectivity index (χ0v) is 21.6. The molecule has 0 aromatic heterocycles. The molecule has 2 amide bonds. The number of hydrogen-bond acceptors (Lipinski definition) is 6. The molecule has 1 aromatic carbocycles. The Morgan fingerprint density at radius 1 is 1.11 bits per heavy atom. The van der Waals surface area contributed by atoms with Gasteiger partial charge < -0.3 is 19.6 Å². The summed E-state index contributed by atoms with van der Waals surface area (Å²) in [6.45, 7) is 1.13. The van der Waals surface area contributed by atoms with E-state index in [0.29, 0.717) is 43.2 Å². The number of nitrogens with zero attached hydrogens (tertiary/aromatic N) is 2. The van der Waals surface area contributed by atoms with Crippen molar-refractivity contribution in [2.75, 3.05) is 31.2 Å². The van der Waals surface area contributed by atoms with Crippen molar-refractivity contribution in [2.24, 2.45) is 11.8 Å². The van der Waals surface area contributed by atoms with E-state index in [-0.39, 0.29) is 29.6 Å². The average Bonchev–Trinajstić information content (AvgIpc) is 3.27. The number of thioether (sulfide) groups is 1. The van der Waals surface area contributed by atoms with Crippen molar-refractivity contribution in [1.29, 1.82) is 0 Å². The van der Waals surface area contributed by atoms with E-state index in [4.69, 9.17) is 16.3 Å². The Bertz CT molecular complexity index is 1090. The van der Waals surface area contributed by atoms with E-state index in [2.05, 4.69) is 6.08 Å². The summed E-state index contributed by atoms with van der Waals surface area (Å²) < 4.78 is 4.72. The van der Waals surface area contributed by atoms with Crippen LogP contribution in [0.5, 0.6) is 0 Å². The smallest absolute Gasteiger partial charge is 0.311 e. The second-order valence-corrected chi connectivity index (χ2v) is 11.6. The van der Waals surface area contributed by atoms with Crippen molar-refractivity contribution in [1.82, 2.24) is 4.90 Å². The number of para-hydroxylation sites is 1. The van der Waals surface area contributed by atoms with E-state index in [1.807, 2.05) is 36.4 Å². The van der Waals surface area contributed by atoms with Crippen LogP contribution >= 0.6 is 23.4 Å². The number of aliphatic hydroxyl groups is 1. The summed E-state index contributed by atoms with van der Waals surface area (Å²) in [4.78, 5) is 44.9. The molecule has 192 valence electrons. The molecule has 1 spiro atoms. The third kappa shape index (κ3) is 4.27. The first-order valence-corrected chi connectivity index (χ1v) is 13.9. The van der Waals surface area contributed by atoms with E-state index < -0.39 is 22.6 Å². The molecule has 2 fully saturated rings. The maximum atomic E-state index is 14.3. The highest BCUT2D eigenvalue weighted by molar-refractivity contribution is 8.02. The van der Waals surface area contributed by atoms with Gasteiger partial charge in [-0.1, -0.05) is 48.0 Å². The summed E-state index contributed by atoms with van der Waals surface area (Å²) in [6.07, 6.45) is 11.6. The first-order valence-electron chi connectivity index (χ1n) is 12.7. The van der Waals surface area contributed by atoms with E-state index >= 15 is 0 Å².